The van der Waals surface area contributed by atoms with Crippen molar-refractivity contribution in [3.8, 4) is 0 Å². The molecule has 1 amide bonds. The topological polar surface area (TPSA) is 51.5 Å². The van der Waals surface area contributed by atoms with Crippen molar-refractivity contribution < 1.29 is 13.9 Å². The zero-order valence-corrected chi connectivity index (χ0v) is 9.66. The highest BCUT2D eigenvalue weighted by atomic mass is 16.5. The van der Waals surface area contributed by atoms with Gasteiger partial charge in [-0.2, -0.15) is 0 Å². The van der Waals surface area contributed by atoms with Gasteiger partial charge in [-0.15, -0.1) is 0 Å². The predicted octanol–water partition coefficient (Wildman–Crippen LogP) is 1.89. The van der Waals surface area contributed by atoms with Crippen LogP contribution in [0.15, 0.2) is 16.7 Å². The van der Waals surface area contributed by atoms with E-state index < -0.39 is 0 Å². The maximum Gasteiger partial charge on any atom is 0.287 e. The van der Waals surface area contributed by atoms with Crippen molar-refractivity contribution in [2.45, 2.75) is 38.8 Å². The number of hydrogen-bond acceptors (Lipinski definition) is 3. The van der Waals surface area contributed by atoms with E-state index in [0.717, 1.165) is 25.0 Å². The maximum absolute atomic E-state index is 11.8. The first-order valence-electron chi connectivity index (χ1n) is 5.65. The number of carbonyl (C=O) groups is 1. The van der Waals surface area contributed by atoms with Crippen LogP contribution in [0.3, 0.4) is 0 Å². The summed E-state index contributed by atoms with van der Waals surface area (Å²) < 4.78 is 10.7. The third-order valence-electron chi connectivity index (χ3n) is 2.95. The summed E-state index contributed by atoms with van der Waals surface area (Å²) >= 11 is 0. The van der Waals surface area contributed by atoms with Crippen LogP contribution in [0, 0.1) is 6.92 Å². The highest BCUT2D eigenvalue weighted by Crippen LogP contribution is 2.16. The Morgan fingerprint density at radius 2 is 2.44 bits per heavy atom. The van der Waals surface area contributed by atoms with Crippen LogP contribution in [0.4, 0.5) is 0 Å². The number of carbonyl (C=O) groups excluding carboxylic acids is 1. The van der Waals surface area contributed by atoms with Crippen molar-refractivity contribution in [2.75, 3.05) is 6.61 Å². The molecule has 0 radical (unpaired) electrons. The van der Waals surface area contributed by atoms with Gasteiger partial charge in [0.2, 0.25) is 0 Å². The van der Waals surface area contributed by atoms with Crippen molar-refractivity contribution in [1.82, 2.24) is 5.32 Å². The zero-order chi connectivity index (χ0) is 11.5. The van der Waals surface area contributed by atoms with E-state index in [1.165, 1.54) is 6.26 Å². The lowest BCUT2D eigenvalue weighted by Gasteiger charge is -2.19. The predicted molar refractivity (Wildman–Crippen MR) is 59.3 cm³/mol. The van der Waals surface area contributed by atoms with Crippen LogP contribution in [0.5, 0.6) is 0 Å². The van der Waals surface area contributed by atoms with Crippen molar-refractivity contribution in [3.05, 3.63) is 23.7 Å². The Morgan fingerprint density at radius 1 is 1.62 bits per heavy atom. The molecule has 4 heteroatoms. The Morgan fingerprint density at radius 3 is 3.00 bits per heavy atom. The minimum absolute atomic E-state index is 0.0273. The van der Waals surface area contributed by atoms with Gasteiger partial charge in [-0.05, 0) is 32.8 Å². The highest BCUT2D eigenvalue weighted by Gasteiger charge is 2.25. The Hall–Kier alpha value is -1.29. The second-order valence-corrected chi connectivity index (χ2v) is 4.25. The van der Waals surface area contributed by atoms with Gasteiger partial charge >= 0.3 is 0 Å². The molecule has 0 aliphatic carbocycles. The van der Waals surface area contributed by atoms with Gasteiger partial charge in [-0.1, -0.05) is 0 Å². The highest BCUT2D eigenvalue weighted by molar-refractivity contribution is 5.92. The number of aryl methyl sites for hydroxylation is 1. The summed E-state index contributed by atoms with van der Waals surface area (Å²) in [5.41, 5.74) is 0.858. The second-order valence-electron chi connectivity index (χ2n) is 4.25. The Bertz CT molecular complexity index is 366. The number of amides is 1. The van der Waals surface area contributed by atoms with E-state index in [4.69, 9.17) is 9.15 Å². The number of nitrogens with one attached hydrogen (secondary N) is 1. The van der Waals surface area contributed by atoms with Crippen LogP contribution in [0.25, 0.3) is 0 Å². The van der Waals surface area contributed by atoms with Gasteiger partial charge in [0.15, 0.2) is 5.76 Å². The number of hydrogen-bond donors (Lipinski definition) is 1. The van der Waals surface area contributed by atoms with E-state index in [9.17, 15) is 4.79 Å². The molecule has 0 spiro atoms. The van der Waals surface area contributed by atoms with E-state index in [-0.39, 0.29) is 18.1 Å². The molecule has 0 saturated carbocycles. The molecular weight excluding hydrogens is 206 g/mol. The lowest BCUT2D eigenvalue weighted by atomic mass is 10.1. The molecule has 4 nitrogen and oxygen atoms in total. The molecular formula is C12H17NO3. The Labute approximate surface area is 95.0 Å². The Balaban J connectivity index is 1.94. The number of furan rings is 1. The van der Waals surface area contributed by atoms with Gasteiger partial charge < -0.3 is 14.5 Å². The molecule has 2 rings (SSSR count). The van der Waals surface area contributed by atoms with E-state index >= 15 is 0 Å². The van der Waals surface area contributed by atoms with E-state index in [1.807, 2.05) is 13.8 Å². The summed E-state index contributed by atoms with van der Waals surface area (Å²) in [6.07, 6.45) is 3.75. The average molecular weight is 223 g/mol. The van der Waals surface area contributed by atoms with Crippen molar-refractivity contribution in [2.24, 2.45) is 0 Å². The van der Waals surface area contributed by atoms with Gasteiger partial charge in [0, 0.05) is 12.2 Å². The van der Waals surface area contributed by atoms with E-state index in [1.54, 1.807) is 6.07 Å². The molecule has 1 aromatic heterocycles. The number of ether oxygens (including phenoxy) is 1. The maximum atomic E-state index is 11.8. The van der Waals surface area contributed by atoms with Crippen LogP contribution in [0.2, 0.25) is 0 Å². The van der Waals surface area contributed by atoms with Gasteiger partial charge in [-0.25, -0.2) is 0 Å². The van der Waals surface area contributed by atoms with Crippen molar-refractivity contribution in [3.63, 3.8) is 0 Å². The van der Waals surface area contributed by atoms with Crippen LogP contribution in [-0.4, -0.2) is 24.7 Å². The number of rotatable bonds is 3. The zero-order valence-electron chi connectivity index (χ0n) is 9.66. The van der Waals surface area contributed by atoms with Crippen LogP contribution in [-0.2, 0) is 4.74 Å². The molecule has 1 N–H and O–H groups in total. The molecule has 88 valence electrons. The smallest absolute Gasteiger partial charge is 0.287 e. The lowest BCUT2D eigenvalue weighted by molar-refractivity contribution is 0.0696. The average Bonchev–Trinajstić information content (AvgIpc) is 2.86. The monoisotopic (exact) mass is 223 g/mol. The summed E-state index contributed by atoms with van der Waals surface area (Å²) in [6, 6.07) is 1.81. The van der Waals surface area contributed by atoms with Crippen LogP contribution in [0.1, 0.15) is 35.9 Å². The largest absolute Gasteiger partial charge is 0.459 e. The standard InChI is InChI=1S/C12H17NO3/c1-8-5-7-16-11(8)12(14)13-9(2)10-4-3-6-15-10/h5,7,9-10H,3-4,6H2,1-2H3,(H,13,14)/t9-,10+/m0/s1. The molecule has 1 saturated heterocycles. The summed E-state index contributed by atoms with van der Waals surface area (Å²) in [7, 11) is 0. The molecule has 2 atom stereocenters. The summed E-state index contributed by atoms with van der Waals surface area (Å²) in [5.74, 6) is 0.232. The van der Waals surface area contributed by atoms with Crippen LogP contribution < -0.4 is 5.32 Å². The summed E-state index contributed by atoms with van der Waals surface area (Å²) in [5, 5.41) is 2.91. The fourth-order valence-electron chi connectivity index (χ4n) is 1.97. The van der Waals surface area contributed by atoms with Gasteiger partial charge in [0.05, 0.1) is 18.4 Å². The molecule has 0 unspecified atom stereocenters. The second kappa shape index (κ2) is 4.70. The van der Waals surface area contributed by atoms with Gasteiger partial charge in [0.1, 0.15) is 0 Å². The molecule has 1 fully saturated rings. The third kappa shape index (κ3) is 2.27. The van der Waals surface area contributed by atoms with Gasteiger partial charge in [-0.3, -0.25) is 4.79 Å². The molecule has 1 aliphatic heterocycles. The molecule has 1 aliphatic rings. The van der Waals surface area contributed by atoms with Crippen molar-refractivity contribution >= 4 is 5.91 Å². The summed E-state index contributed by atoms with van der Waals surface area (Å²) in [4.78, 5) is 11.8. The first-order valence-corrected chi connectivity index (χ1v) is 5.65. The fourth-order valence-corrected chi connectivity index (χ4v) is 1.97. The van der Waals surface area contributed by atoms with Gasteiger partial charge in [0.25, 0.3) is 5.91 Å². The molecule has 16 heavy (non-hydrogen) atoms. The molecule has 1 aromatic rings. The molecule has 0 bridgehead atoms. The minimum Gasteiger partial charge on any atom is -0.459 e. The molecule has 0 aromatic carbocycles. The fraction of sp³-hybridized carbons (Fsp3) is 0.583. The van der Waals surface area contributed by atoms with Crippen molar-refractivity contribution in [1.29, 1.82) is 0 Å². The minimum atomic E-state index is -0.162. The molecule has 2 heterocycles. The SMILES string of the molecule is Cc1ccoc1C(=O)N[C@@H](C)[C@H]1CCCO1. The van der Waals surface area contributed by atoms with E-state index in [0.29, 0.717) is 5.76 Å². The van der Waals surface area contributed by atoms with Crippen LogP contribution >= 0.6 is 0 Å². The normalized spacial score (nSPS) is 22.0. The first-order chi connectivity index (χ1) is 7.68. The first kappa shape index (κ1) is 11.2. The Kier molecular flexibility index (Phi) is 3.29. The van der Waals surface area contributed by atoms with E-state index in [2.05, 4.69) is 5.32 Å². The quantitative estimate of drug-likeness (QED) is 0.851. The lowest BCUT2D eigenvalue weighted by Crippen LogP contribution is -2.40. The summed E-state index contributed by atoms with van der Waals surface area (Å²) in [6.45, 7) is 4.62. The third-order valence-corrected chi connectivity index (χ3v) is 2.95.